The number of hydrogen-bond acceptors (Lipinski definition) is 5. The topological polar surface area (TPSA) is 79.7 Å². The molecule has 1 aromatic rings. The minimum atomic E-state index is -1.10. The van der Waals surface area contributed by atoms with Gasteiger partial charge in [0.05, 0.1) is 19.3 Å². The van der Waals surface area contributed by atoms with E-state index in [1.54, 1.807) is 25.3 Å². The highest BCUT2D eigenvalue weighted by atomic mass is 16.5. The zero-order valence-corrected chi connectivity index (χ0v) is 9.04. The molecule has 1 rings (SSSR count). The third kappa shape index (κ3) is 3.01. The van der Waals surface area contributed by atoms with Crippen molar-refractivity contribution in [3.8, 4) is 0 Å². The van der Waals surface area contributed by atoms with Crippen molar-refractivity contribution in [1.82, 2.24) is 4.98 Å². The van der Waals surface area contributed by atoms with Crippen LogP contribution in [0.15, 0.2) is 24.5 Å². The van der Waals surface area contributed by atoms with Gasteiger partial charge in [-0.15, -0.1) is 0 Å². The monoisotopic (exact) mass is 225 g/mol. The molecule has 0 aliphatic heterocycles. The van der Waals surface area contributed by atoms with Gasteiger partial charge in [0.15, 0.2) is 0 Å². The van der Waals surface area contributed by atoms with E-state index in [0.29, 0.717) is 5.56 Å². The number of carbonyl (C=O) groups is 1. The van der Waals surface area contributed by atoms with E-state index in [1.807, 2.05) is 0 Å². The van der Waals surface area contributed by atoms with Crippen molar-refractivity contribution in [1.29, 1.82) is 0 Å². The van der Waals surface area contributed by atoms with Gasteiger partial charge < -0.3 is 14.9 Å². The van der Waals surface area contributed by atoms with Gasteiger partial charge in [-0.3, -0.25) is 9.78 Å². The normalized spacial score (nSPS) is 14.2. The zero-order valence-electron chi connectivity index (χ0n) is 9.04. The summed E-state index contributed by atoms with van der Waals surface area (Å²) in [5.74, 6) is -1.58. The Morgan fingerprint density at radius 1 is 1.62 bits per heavy atom. The van der Waals surface area contributed by atoms with Crippen molar-refractivity contribution in [2.45, 2.75) is 13.0 Å². The number of ether oxygens (including phenoxy) is 1. The van der Waals surface area contributed by atoms with Crippen LogP contribution in [0.4, 0.5) is 0 Å². The van der Waals surface area contributed by atoms with Crippen LogP contribution in [-0.2, 0) is 9.53 Å². The Balaban J connectivity index is 2.77. The number of aliphatic hydroxyl groups is 2. The van der Waals surface area contributed by atoms with E-state index in [1.165, 1.54) is 6.20 Å². The maximum atomic E-state index is 11.4. The maximum absolute atomic E-state index is 11.4. The Bertz CT molecular complexity index is 328. The highest BCUT2D eigenvalue weighted by Gasteiger charge is 2.28. The molecule has 0 aromatic carbocycles. The average molecular weight is 225 g/mol. The quantitative estimate of drug-likeness (QED) is 0.704. The number of aromatic nitrogens is 1. The summed E-state index contributed by atoms with van der Waals surface area (Å²) >= 11 is 0. The SMILES string of the molecule is CCOC(=O)C(CO)C(O)c1cccnc1. The predicted molar refractivity (Wildman–Crippen MR) is 56.4 cm³/mol. The molecule has 16 heavy (non-hydrogen) atoms. The predicted octanol–water partition coefficient (Wildman–Crippen LogP) is 0.287. The fourth-order valence-corrected chi connectivity index (χ4v) is 1.34. The van der Waals surface area contributed by atoms with Crippen LogP contribution in [0.3, 0.4) is 0 Å². The number of nitrogens with zero attached hydrogens (tertiary/aromatic N) is 1. The van der Waals surface area contributed by atoms with Crippen LogP contribution >= 0.6 is 0 Å². The van der Waals surface area contributed by atoms with Crippen molar-refractivity contribution < 1.29 is 19.7 Å². The zero-order chi connectivity index (χ0) is 12.0. The summed E-state index contributed by atoms with van der Waals surface area (Å²) in [6.07, 6.45) is 1.92. The second-order valence-corrected chi connectivity index (χ2v) is 3.27. The summed E-state index contributed by atoms with van der Waals surface area (Å²) in [4.78, 5) is 15.3. The molecule has 0 spiro atoms. The number of rotatable bonds is 5. The lowest BCUT2D eigenvalue weighted by molar-refractivity contribution is -0.154. The standard InChI is InChI=1S/C11H15NO4/c1-2-16-11(15)9(7-13)10(14)8-4-3-5-12-6-8/h3-6,9-10,13-14H,2,7H2,1H3. The van der Waals surface area contributed by atoms with Gasteiger partial charge in [-0.05, 0) is 18.6 Å². The summed E-state index contributed by atoms with van der Waals surface area (Å²) in [5.41, 5.74) is 0.481. The van der Waals surface area contributed by atoms with Gasteiger partial charge in [0.2, 0.25) is 0 Å². The third-order valence-electron chi connectivity index (χ3n) is 2.19. The second-order valence-electron chi connectivity index (χ2n) is 3.27. The second kappa shape index (κ2) is 6.19. The molecule has 5 heteroatoms. The first kappa shape index (κ1) is 12.6. The van der Waals surface area contributed by atoms with Gasteiger partial charge in [0.1, 0.15) is 5.92 Å². The highest BCUT2D eigenvalue weighted by molar-refractivity contribution is 5.73. The summed E-state index contributed by atoms with van der Waals surface area (Å²) in [5, 5.41) is 19.0. The van der Waals surface area contributed by atoms with Crippen LogP contribution in [0.2, 0.25) is 0 Å². The Hall–Kier alpha value is -1.46. The molecule has 0 bridgehead atoms. The van der Waals surface area contributed by atoms with E-state index in [2.05, 4.69) is 4.98 Å². The molecule has 0 radical (unpaired) electrons. The van der Waals surface area contributed by atoms with Gasteiger partial charge in [-0.1, -0.05) is 6.07 Å². The molecule has 0 saturated carbocycles. The Kier molecular flexibility index (Phi) is 4.88. The number of pyridine rings is 1. The van der Waals surface area contributed by atoms with E-state index < -0.39 is 24.6 Å². The summed E-state index contributed by atoms with van der Waals surface area (Å²) < 4.78 is 4.76. The molecule has 0 fully saturated rings. The fraction of sp³-hybridized carbons (Fsp3) is 0.455. The van der Waals surface area contributed by atoms with Gasteiger partial charge in [0, 0.05) is 12.4 Å². The number of aliphatic hydroxyl groups excluding tert-OH is 2. The highest BCUT2D eigenvalue weighted by Crippen LogP contribution is 2.21. The molecule has 1 heterocycles. The van der Waals surface area contributed by atoms with Crippen LogP contribution in [0, 0.1) is 5.92 Å². The lowest BCUT2D eigenvalue weighted by Crippen LogP contribution is -2.27. The molecule has 0 aliphatic carbocycles. The van der Waals surface area contributed by atoms with Crippen LogP contribution in [0.25, 0.3) is 0 Å². The van der Waals surface area contributed by atoms with E-state index >= 15 is 0 Å². The van der Waals surface area contributed by atoms with E-state index in [-0.39, 0.29) is 6.61 Å². The first-order valence-electron chi connectivity index (χ1n) is 5.06. The minimum Gasteiger partial charge on any atom is -0.466 e. The summed E-state index contributed by atoms with van der Waals surface area (Å²) in [6, 6.07) is 3.29. The van der Waals surface area contributed by atoms with E-state index in [9.17, 15) is 9.90 Å². The molecule has 2 N–H and O–H groups in total. The van der Waals surface area contributed by atoms with Gasteiger partial charge >= 0.3 is 5.97 Å². The van der Waals surface area contributed by atoms with Crippen LogP contribution in [-0.4, -0.2) is 34.4 Å². The Labute approximate surface area is 93.7 Å². The molecule has 0 amide bonds. The largest absolute Gasteiger partial charge is 0.466 e. The molecule has 0 saturated heterocycles. The molecule has 2 unspecified atom stereocenters. The van der Waals surface area contributed by atoms with Crippen LogP contribution in [0.5, 0.6) is 0 Å². The first-order chi connectivity index (χ1) is 7.70. The van der Waals surface area contributed by atoms with Crippen LogP contribution < -0.4 is 0 Å². The number of hydrogen-bond donors (Lipinski definition) is 2. The molecular formula is C11H15NO4. The number of esters is 1. The molecule has 88 valence electrons. The van der Waals surface area contributed by atoms with Crippen molar-refractivity contribution >= 4 is 5.97 Å². The molecular weight excluding hydrogens is 210 g/mol. The van der Waals surface area contributed by atoms with Crippen molar-refractivity contribution in [2.24, 2.45) is 5.92 Å². The van der Waals surface area contributed by atoms with Crippen molar-refractivity contribution in [3.63, 3.8) is 0 Å². The lowest BCUT2D eigenvalue weighted by atomic mass is 9.98. The van der Waals surface area contributed by atoms with E-state index in [4.69, 9.17) is 9.84 Å². The maximum Gasteiger partial charge on any atom is 0.314 e. The minimum absolute atomic E-state index is 0.217. The van der Waals surface area contributed by atoms with Gasteiger partial charge in [0.25, 0.3) is 0 Å². The first-order valence-corrected chi connectivity index (χ1v) is 5.06. The Morgan fingerprint density at radius 3 is 2.88 bits per heavy atom. The molecule has 5 nitrogen and oxygen atoms in total. The van der Waals surface area contributed by atoms with Crippen molar-refractivity contribution in [2.75, 3.05) is 13.2 Å². The van der Waals surface area contributed by atoms with Crippen molar-refractivity contribution in [3.05, 3.63) is 30.1 Å². The van der Waals surface area contributed by atoms with Crippen LogP contribution in [0.1, 0.15) is 18.6 Å². The lowest BCUT2D eigenvalue weighted by Gasteiger charge is -2.19. The molecule has 2 atom stereocenters. The third-order valence-corrected chi connectivity index (χ3v) is 2.19. The van der Waals surface area contributed by atoms with Gasteiger partial charge in [-0.25, -0.2) is 0 Å². The summed E-state index contributed by atoms with van der Waals surface area (Å²) in [6.45, 7) is 1.42. The fourth-order valence-electron chi connectivity index (χ4n) is 1.34. The summed E-state index contributed by atoms with van der Waals surface area (Å²) in [7, 11) is 0. The molecule has 0 aliphatic rings. The molecule has 1 aromatic heterocycles. The smallest absolute Gasteiger partial charge is 0.314 e. The van der Waals surface area contributed by atoms with Gasteiger partial charge in [-0.2, -0.15) is 0 Å². The average Bonchev–Trinajstić information content (AvgIpc) is 2.31. The number of carbonyl (C=O) groups excluding carboxylic acids is 1. The van der Waals surface area contributed by atoms with E-state index in [0.717, 1.165) is 0 Å². The Morgan fingerprint density at radius 2 is 2.38 bits per heavy atom.